The third-order valence-corrected chi connectivity index (χ3v) is 2.41. The van der Waals surface area contributed by atoms with Crippen LogP contribution < -0.4 is 0 Å². The van der Waals surface area contributed by atoms with Crippen molar-refractivity contribution >= 4 is 18.0 Å². The standard InChI is InChI=1S/C8H14N2S/c1-7(2)10-6-4-5-9-8(10)11-3/h4-8H,1-3H3. The lowest BCUT2D eigenvalue weighted by Crippen LogP contribution is -2.34. The van der Waals surface area contributed by atoms with Crippen LogP contribution in [0.2, 0.25) is 0 Å². The van der Waals surface area contributed by atoms with Gasteiger partial charge in [0, 0.05) is 18.5 Å². The first-order chi connectivity index (χ1) is 5.25. The van der Waals surface area contributed by atoms with Crippen molar-refractivity contribution in [3.8, 4) is 0 Å². The van der Waals surface area contributed by atoms with E-state index in [1.807, 2.05) is 12.3 Å². The summed E-state index contributed by atoms with van der Waals surface area (Å²) in [6.07, 6.45) is 8.02. The molecule has 0 saturated carbocycles. The lowest BCUT2D eigenvalue weighted by atomic mass is 10.3. The third kappa shape index (κ3) is 1.99. The number of allylic oxidation sites excluding steroid dienone is 1. The van der Waals surface area contributed by atoms with E-state index in [9.17, 15) is 0 Å². The SMILES string of the molecule is CSC1N=CC=CN1C(C)C. The predicted molar refractivity (Wildman–Crippen MR) is 51.9 cm³/mol. The molecule has 1 heterocycles. The van der Waals surface area contributed by atoms with Crippen molar-refractivity contribution in [3.63, 3.8) is 0 Å². The van der Waals surface area contributed by atoms with Gasteiger partial charge in [0.2, 0.25) is 0 Å². The number of nitrogens with zero attached hydrogens (tertiary/aromatic N) is 2. The fraction of sp³-hybridized carbons (Fsp3) is 0.625. The summed E-state index contributed by atoms with van der Waals surface area (Å²) in [5.41, 5.74) is 0.278. The molecule has 11 heavy (non-hydrogen) atoms. The van der Waals surface area contributed by atoms with Crippen LogP contribution in [0.25, 0.3) is 0 Å². The molecule has 62 valence electrons. The van der Waals surface area contributed by atoms with Crippen molar-refractivity contribution in [2.45, 2.75) is 25.4 Å². The second-order valence-corrected chi connectivity index (χ2v) is 3.64. The van der Waals surface area contributed by atoms with E-state index in [2.05, 4.69) is 36.2 Å². The molecule has 1 aliphatic rings. The van der Waals surface area contributed by atoms with Gasteiger partial charge in [-0.15, -0.1) is 11.8 Å². The Kier molecular flexibility index (Phi) is 3.00. The molecule has 0 fully saturated rings. The summed E-state index contributed by atoms with van der Waals surface area (Å²) in [7, 11) is 0. The van der Waals surface area contributed by atoms with E-state index < -0.39 is 0 Å². The summed E-state index contributed by atoms with van der Waals surface area (Å²) in [6, 6.07) is 0.529. The predicted octanol–water partition coefficient (Wildman–Crippen LogP) is 1.94. The van der Waals surface area contributed by atoms with Crippen molar-refractivity contribution in [1.82, 2.24) is 4.90 Å². The second kappa shape index (κ2) is 3.81. The van der Waals surface area contributed by atoms with E-state index >= 15 is 0 Å². The molecule has 0 aromatic carbocycles. The van der Waals surface area contributed by atoms with E-state index in [4.69, 9.17) is 0 Å². The largest absolute Gasteiger partial charge is 0.345 e. The zero-order chi connectivity index (χ0) is 8.27. The Labute approximate surface area is 72.4 Å². The average Bonchev–Trinajstić information content (AvgIpc) is 2.04. The number of thioether (sulfide) groups is 1. The molecule has 0 N–H and O–H groups in total. The molecule has 0 spiro atoms. The molecule has 0 aromatic rings. The molecule has 1 unspecified atom stereocenters. The van der Waals surface area contributed by atoms with Gasteiger partial charge in [-0.1, -0.05) is 0 Å². The van der Waals surface area contributed by atoms with Crippen LogP contribution in [0, 0.1) is 0 Å². The van der Waals surface area contributed by atoms with Crippen molar-refractivity contribution in [2.75, 3.05) is 6.26 Å². The van der Waals surface area contributed by atoms with Crippen LogP contribution in [0.5, 0.6) is 0 Å². The van der Waals surface area contributed by atoms with Crippen LogP contribution >= 0.6 is 11.8 Å². The van der Waals surface area contributed by atoms with Gasteiger partial charge in [-0.25, -0.2) is 0 Å². The van der Waals surface area contributed by atoms with Gasteiger partial charge >= 0.3 is 0 Å². The summed E-state index contributed by atoms with van der Waals surface area (Å²) in [6.45, 7) is 4.35. The monoisotopic (exact) mass is 170 g/mol. The topological polar surface area (TPSA) is 15.6 Å². The normalized spacial score (nSPS) is 23.3. The summed E-state index contributed by atoms with van der Waals surface area (Å²) in [5, 5.41) is 0. The van der Waals surface area contributed by atoms with E-state index in [0.29, 0.717) is 6.04 Å². The molecule has 0 saturated heterocycles. The van der Waals surface area contributed by atoms with Crippen LogP contribution in [0.3, 0.4) is 0 Å². The molecule has 0 aromatic heterocycles. The summed E-state index contributed by atoms with van der Waals surface area (Å²) in [5.74, 6) is 0. The minimum absolute atomic E-state index is 0.278. The highest BCUT2D eigenvalue weighted by atomic mass is 32.2. The lowest BCUT2D eigenvalue weighted by molar-refractivity contribution is 0.296. The van der Waals surface area contributed by atoms with Gasteiger partial charge in [-0.2, -0.15) is 0 Å². The number of hydrogen-bond donors (Lipinski definition) is 0. The van der Waals surface area contributed by atoms with Gasteiger partial charge in [-0.3, -0.25) is 4.99 Å². The van der Waals surface area contributed by atoms with Crippen LogP contribution in [0.1, 0.15) is 13.8 Å². The van der Waals surface area contributed by atoms with Crippen molar-refractivity contribution in [2.24, 2.45) is 4.99 Å². The third-order valence-electron chi connectivity index (χ3n) is 1.62. The number of hydrogen-bond acceptors (Lipinski definition) is 3. The minimum Gasteiger partial charge on any atom is -0.345 e. The summed E-state index contributed by atoms with van der Waals surface area (Å²) >= 11 is 1.76. The molecule has 0 aliphatic carbocycles. The first kappa shape index (κ1) is 8.65. The van der Waals surface area contributed by atoms with Crippen LogP contribution in [0.15, 0.2) is 17.3 Å². The molecule has 0 radical (unpaired) electrons. The lowest BCUT2D eigenvalue weighted by Gasteiger charge is -2.31. The molecule has 1 rings (SSSR count). The summed E-state index contributed by atoms with van der Waals surface area (Å²) in [4.78, 5) is 6.57. The van der Waals surface area contributed by atoms with Crippen LogP contribution in [-0.4, -0.2) is 28.9 Å². The van der Waals surface area contributed by atoms with Gasteiger partial charge < -0.3 is 4.90 Å². The molecule has 1 atom stereocenters. The fourth-order valence-electron chi connectivity index (χ4n) is 1.02. The maximum absolute atomic E-state index is 4.33. The van der Waals surface area contributed by atoms with Crippen molar-refractivity contribution in [3.05, 3.63) is 12.3 Å². The number of aliphatic imine (C=N–C) groups is 1. The Morgan fingerprint density at radius 2 is 2.27 bits per heavy atom. The summed E-state index contributed by atoms with van der Waals surface area (Å²) < 4.78 is 0. The van der Waals surface area contributed by atoms with Gasteiger partial charge in [0.25, 0.3) is 0 Å². The van der Waals surface area contributed by atoms with E-state index in [1.165, 1.54) is 0 Å². The van der Waals surface area contributed by atoms with Gasteiger partial charge in [0.05, 0.1) is 0 Å². The highest BCUT2D eigenvalue weighted by Gasteiger charge is 2.16. The molecule has 2 nitrogen and oxygen atoms in total. The molecular weight excluding hydrogens is 156 g/mol. The van der Waals surface area contributed by atoms with Crippen LogP contribution in [0.4, 0.5) is 0 Å². The Morgan fingerprint density at radius 3 is 2.73 bits per heavy atom. The Balaban J connectivity index is 2.63. The maximum Gasteiger partial charge on any atom is 0.168 e. The van der Waals surface area contributed by atoms with Gasteiger partial charge in [-0.05, 0) is 26.2 Å². The molecular formula is C8H14N2S. The Bertz CT molecular complexity index is 175. The molecule has 3 heteroatoms. The van der Waals surface area contributed by atoms with Crippen molar-refractivity contribution < 1.29 is 0 Å². The smallest absolute Gasteiger partial charge is 0.168 e. The number of rotatable bonds is 2. The molecule has 0 amide bonds. The Morgan fingerprint density at radius 1 is 1.55 bits per heavy atom. The average molecular weight is 170 g/mol. The zero-order valence-corrected chi connectivity index (χ0v) is 8.01. The van der Waals surface area contributed by atoms with E-state index in [1.54, 1.807) is 11.8 Å². The quantitative estimate of drug-likeness (QED) is 0.629. The van der Waals surface area contributed by atoms with Gasteiger partial charge in [0.1, 0.15) is 0 Å². The second-order valence-electron chi connectivity index (χ2n) is 2.74. The first-order valence-electron chi connectivity index (χ1n) is 3.76. The minimum atomic E-state index is 0.278. The van der Waals surface area contributed by atoms with E-state index in [-0.39, 0.29) is 5.50 Å². The van der Waals surface area contributed by atoms with Crippen molar-refractivity contribution in [1.29, 1.82) is 0 Å². The fourth-order valence-corrected chi connectivity index (χ4v) is 1.77. The maximum atomic E-state index is 4.33. The molecule has 1 aliphatic heterocycles. The molecule has 0 bridgehead atoms. The highest BCUT2D eigenvalue weighted by Crippen LogP contribution is 2.19. The van der Waals surface area contributed by atoms with E-state index in [0.717, 1.165) is 0 Å². The first-order valence-corrected chi connectivity index (χ1v) is 5.04. The Hall–Kier alpha value is -0.440. The zero-order valence-electron chi connectivity index (χ0n) is 7.19. The van der Waals surface area contributed by atoms with Crippen LogP contribution in [-0.2, 0) is 0 Å². The highest BCUT2D eigenvalue weighted by molar-refractivity contribution is 7.99. The van der Waals surface area contributed by atoms with Gasteiger partial charge in [0.15, 0.2) is 5.50 Å².